The SMILES string of the molecule is CCCCc1nc2c(N)nc3ccccc3c2n1CCCC(=O)c1ccc(CCN)cc1. The number of rotatable bonds is 10. The number of unbranched alkanes of at least 4 members (excludes halogenated alkanes) is 1. The van der Waals surface area contributed by atoms with E-state index in [0.717, 1.165) is 77.5 Å². The van der Waals surface area contributed by atoms with E-state index in [-0.39, 0.29) is 5.78 Å². The van der Waals surface area contributed by atoms with Crippen LogP contribution in [-0.4, -0.2) is 26.9 Å². The first-order valence-corrected chi connectivity index (χ1v) is 11.5. The van der Waals surface area contributed by atoms with Gasteiger partial charge in [0.15, 0.2) is 11.6 Å². The van der Waals surface area contributed by atoms with Crippen LogP contribution in [0, 0.1) is 0 Å². The van der Waals surface area contributed by atoms with E-state index < -0.39 is 0 Å². The molecule has 0 aliphatic rings. The second-order valence-corrected chi connectivity index (χ2v) is 8.26. The first-order chi connectivity index (χ1) is 15.6. The van der Waals surface area contributed by atoms with Gasteiger partial charge in [-0.3, -0.25) is 4.79 Å². The van der Waals surface area contributed by atoms with Gasteiger partial charge in [-0.25, -0.2) is 9.97 Å². The molecule has 0 saturated heterocycles. The summed E-state index contributed by atoms with van der Waals surface area (Å²) in [5.41, 5.74) is 16.5. The molecule has 2 aromatic heterocycles. The number of ketones is 1. The van der Waals surface area contributed by atoms with Crippen molar-refractivity contribution in [2.24, 2.45) is 5.73 Å². The quantitative estimate of drug-likeness (QED) is 0.357. The van der Waals surface area contributed by atoms with E-state index in [2.05, 4.69) is 22.5 Å². The van der Waals surface area contributed by atoms with Gasteiger partial charge in [-0.1, -0.05) is 55.8 Å². The summed E-state index contributed by atoms with van der Waals surface area (Å²) in [7, 11) is 0. The van der Waals surface area contributed by atoms with Crippen LogP contribution in [0.5, 0.6) is 0 Å². The van der Waals surface area contributed by atoms with Crippen LogP contribution in [0.25, 0.3) is 21.9 Å². The van der Waals surface area contributed by atoms with Crippen LogP contribution in [0.2, 0.25) is 0 Å². The number of benzene rings is 2. The lowest BCUT2D eigenvalue weighted by molar-refractivity contribution is 0.0978. The molecule has 0 radical (unpaired) electrons. The van der Waals surface area contributed by atoms with Gasteiger partial charge in [0.2, 0.25) is 0 Å². The highest BCUT2D eigenvalue weighted by molar-refractivity contribution is 6.06. The summed E-state index contributed by atoms with van der Waals surface area (Å²) in [6.07, 6.45) is 5.09. The van der Waals surface area contributed by atoms with Crippen molar-refractivity contribution >= 4 is 33.5 Å². The Balaban J connectivity index is 1.59. The van der Waals surface area contributed by atoms with Crippen LogP contribution in [0.4, 0.5) is 5.82 Å². The lowest BCUT2D eigenvalue weighted by atomic mass is 10.0. The average molecular weight is 430 g/mol. The fourth-order valence-electron chi connectivity index (χ4n) is 4.24. The summed E-state index contributed by atoms with van der Waals surface area (Å²) in [6, 6.07) is 15.8. The lowest BCUT2D eigenvalue weighted by Crippen LogP contribution is -2.08. The first-order valence-electron chi connectivity index (χ1n) is 11.5. The molecule has 0 amide bonds. The van der Waals surface area contributed by atoms with Crippen LogP contribution in [0.15, 0.2) is 48.5 Å². The number of carbonyl (C=O) groups is 1. The number of nitrogens with zero attached hydrogens (tertiary/aromatic N) is 3. The summed E-state index contributed by atoms with van der Waals surface area (Å²) in [6.45, 7) is 3.51. The zero-order valence-electron chi connectivity index (χ0n) is 18.7. The van der Waals surface area contributed by atoms with Crippen molar-refractivity contribution in [1.29, 1.82) is 0 Å². The van der Waals surface area contributed by atoms with Crippen molar-refractivity contribution in [2.75, 3.05) is 12.3 Å². The van der Waals surface area contributed by atoms with E-state index >= 15 is 0 Å². The number of aromatic nitrogens is 3. The third-order valence-electron chi connectivity index (χ3n) is 5.94. The molecule has 4 rings (SSSR count). The molecule has 0 spiro atoms. The number of nitrogen functional groups attached to an aromatic ring is 1. The number of hydrogen-bond donors (Lipinski definition) is 2. The first kappa shape index (κ1) is 22.0. The van der Waals surface area contributed by atoms with Crippen molar-refractivity contribution in [1.82, 2.24) is 14.5 Å². The second-order valence-electron chi connectivity index (χ2n) is 8.26. The van der Waals surface area contributed by atoms with Gasteiger partial charge in [0.05, 0.1) is 11.0 Å². The standard InChI is InChI=1S/C26H31N5O/c1-2-3-10-23-30-24-25(20-7-4-5-8-21(20)29-26(24)28)31(23)17-6-9-22(32)19-13-11-18(12-14-19)15-16-27/h4-5,7-8,11-14H,2-3,6,9-10,15-17,27H2,1H3,(H2,28,29). The Bertz CT molecular complexity index is 1230. The molecule has 0 fully saturated rings. The predicted octanol–water partition coefficient (Wildman–Crippen LogP) is 4.67. The predicted molar refractivity (Wildman–Crippen MR) is 131 cm³/mol. The van der Waals surface area contributed by atoms with Crippen LogP contribution in [-0.2, 0) is 19.4 Å². The van der Waals surface area contributed by atoms with Gasteiger partial charge in [0.1, 0.15) is 11.3 Å². The van der Waals surface area contributed by atoms with Crippen molar-refractivity contribution in [3.05, 3.63) is 65.5 Å². The highest BCUT2D eigenvalue weighted by Gasteiger charge is 2.17. The molecule has 0 bridgehead atoms. The number of aryl methyl sites for hydroxylation is 2. The summed E-state index contributed by atoms with van der Waals surface area (Å²) in [4.78, 5) is 22.2. The summed E-state index contributed by atoms with van der Waals surface area (Å²) < 4.78 is 2.25. The maximum absolute atomic E-state index is 12.7. The molecule has 4 aromatic rings. The Morgan fingerprint density at radius 1 is 1.00 bits per heavy atom. The third kappa shape index (κ3) is 4.50. The number of nitrogens with two attached hydrogens (primary N) is 2. The van der Waals surface area contributed by atoms with Gasteiger partial charge in [0.25, 0.3) is 0 Å². The Morgan fingerprint density at radius 3 is 2.53 bits per heavy atom. The summed E-state index contributed by atoms with van der Waals surface area (Å²) >= 11 is 0. The number of fused-ring (bicyclic) bond motifs is 3. The van der Waals surface area contributed by atoms with Gasteiger partial charge >= 0.3 is 0 Å². The molecule has 6 nitrogen and oxygen atoms in total. The molecule has 0 aliphatic heterocycles. The minimum Gasteiger partial charge on any atom is -0.382 e. The Hall–Kier alpha value is -3.25. The fraction of sp³-hybridized carbons (Fsp3) is 0.346. The van der Waals surface area contributed by atoms with Crippen molar-refractivity contribution in [3.8, 4) is 0 Å². The maximum Gasteiger partial charge on any atom is 0.162 e. The molecule has 4 N–H and O–H groups in total. The van der Waals surface area contributed by atoms with Crippen LogP contribution in [0.3, 0.4) is 0 Å². The fourth-order valence-corrected chi connectivity index (χ4v) is 4.24. The second kappa shape index (κ2) is 9.92. The van der Waals surface area contributed by atoms with Crippen LogP contribution >= 0.6 is 0 Å². The third-order valence-corrected chi connectivity index (χ3v) is 5.94. The molecular weight excluding hydrogens is 398 g/mol. The normalized spacial score (nSPS) is 11.4. The Morgan fingerprint density at radius 2 is 1.78 bits per heavy atom. The number of para-hydroxylation sites is 1. The lowest BCUT2D eigenvalue weighted by Gasteiger charge is -2.11. The monoisotopic (exact) mass is 429 g/mol. The van der Waals surface area contributed by atoms with Gasteiger partial charge < -0.3 is 16.0 Å². The zero-order chi connectivity index (χ0) is 22.5. The van der Waals surface area contributed by atoms with Gasteiger partial charge in [0, 0.05) is 30.3 Å². The zero-order valence-corrected chi connectivity index (χ0v) is 18.7. The topological polar surface area (TPSA) is 99.8 Å². The van der Waals surface area contributed by atoms with E-state index in [0.29, 0.717) is 18.8 Å². The van der Waals surface area contributed by atoms with E-state index in [1.165, 1.54) is 0 Å². The number of imidazole rings is 1. The molecule has 32 heavy (non-hydrogen) atoms. The molecule has 6 heteroatoms. The summed E-state index contributed by atoms with van der Waals surface area (Å²) in [5.74, 6) is 1.64. The Kier molecular flexibility index (Phi) is 6.81. The molecule has 166 valence electrons. The number of Topliss-reactive ketones (excluding diaryl/α,β-unsaturated/α-hetero) is 1. The number of pyridine rings is 1. The smallest absolute Gasteiger partial charge is 0.162 e. The largest absolute Gasteiger partial charge is 0.382 e. The number of hydrogen-bond acceptors (Lipinski definition) is 5. The minimum absolute atomic E-state index is 0.162. The van der Waals surface area contributed by atoms with Gasteiger partial charge in [-0.05, 0) is 37.4 Å². The molecular formula is C26H31N5O. The van der Waals surface area contributed by atoms with Crippen molar-refractivity contribution in [3.63, 3.8) is 0 Å². The molecule has 2 heterocycles. The van der Waals surface area contributed by atoms with E-state index in [1.54, 1.807) is 0 Å². The highest BCUT2D eigenvalue weighted by Crippen LogP contribution is 2.29. The highest BCUT2D eigenvalue weighted by atomic mass is 16.1. The van der Waals surface area contributed by atoms with Crippen LogP contribution < -0.4 is 11.5 Å². The molecule has 2 aromatic carbocycles. The van der Waals surface area contributed by atoms with Crippen molar-refractivity contribution in [2.45, 2.75) is 52.0 Å². The molecule has 0 aliphatic carbocycles. The van der Waals surface area contributed by atoms with Gasteiger partial charge in [-0.2, -0.15) is 0 Å². The maximum atomic E-state index is 12.7. The summed E-state index contributed by atoms with van der Waals surface area (Å²) in [5, 5.41) is 1.05. The molecule has 0 atom stereocenters. The molecule has 0 unspecified atom stereocenters. The van der Waals surface area contributed by atoms with Crippen molar-refractivity contribution < 1.29 is 4.79 Å². The molecule has 0 saturated carbocycles. The van der Waals surface area contributed by atoms with E-state index in [4.69, 9.17) is 16.5 Å². The number of carbonyl (C=O) groups excluding carboxylic acids is 1. The van der Waals surface area contributed by atoms with Gasteiger partial charge in [-0.15, -0.1) is 0 Å². The minimum atomic E-state index is 0.162. The Labute approximate surface area is 188 Å². The van der Waals surface area contributed by atoms with Crippen LogP contribution in [0.1, 0.15) is 54.4 Å². The number of anilines is 1. The average Bonchev–Trinajstić information content (AvgIpc) is 3.17. The van der Waals surface area contributed by atoms with E-state index in [1.807, 2.05) is 42.5 Å². The van der Waals surface area contributed by atoms with E-state index in [9.17, 15) is 4.79 Å².